The molecule has 1 aliphatic heterocycles. The summed E-state index contributed by atoms with van der Waals surface area (Å²) in [4.78, 5) is 18.3. The monoisotopic (exact) mass is 580 g/mol. The Labute approximate surface area is 243 Å². The summed E-state index contributed by atoms with van der Waals surface area (Å²) >= 11 is 19.1. The first-order valence-electron chi connectivity index (χ1n) is 13.2. The molecular weight excluding hydrogens is 551 g/mol. The number of aromatic amines is 1. The Kier molecular flexibility index (Phi) is 7.39. The maximum absolute atomic E-state index is 13.9. The van der Waals surface area contributed by atoms with Crippen molar-refractivity contribution in [2.75, 3.05) is 29.4 Å². The number of allylic oxidation sites excluding steroid dienone is 1. The van der Waals surface area contributed by atoms with Gasteiger partial charge < -0.3 is 9.80 Å². The molecule has 1 aromatic heterocycles. The molecule has 3 aromatic carbocycles. The first kappa shape index (κ1) is 27.5. The highest BCUT2D eigenvalue weighted by Gasteiger charge is 2.40. The molecule has 1 N–H and O–H groups in total. The van der Waals surface area contributed by atoms with Crippen LogP contribution in [0.4, 0.5) is 11.5 Å². The maximum atomic E-state index is 13.9. The lowest BCUT2D eigenvalue weighted by Crippen LogP contribution is -2.25. The van der Waals surface area contributed by atoms with E-state index in [1.54, 1.807) is 18.2 Å². The number of nitrogens with one attached hydrogen (secondary N) is 1. The molecule has 0 aliphatic carbocycles. The maximum Gasteiger partial charge on any atom is 0.281 e. The molecule has 0 saturated carbocycles. The van der Waals surface area contributed by atoms with Crippen LogP contribution in [0.5, 0.6) is 0 Å². The van der Waals surface area contributed by atoms with Crippen LogP contribution in [0.2, 0.25) is 15.1 Å². The summed E-state index contributed by atoms with van der Waals surface area (Å²) in [5.74, 6) is 0.682. The predicted octanol–water partition coefficient (Wildman–Crippen LogP) is 8.44. The minimum atomic E-state index is -0.306. The molecule has 0 radical (unpaired) electrons. The molecule has 2 heterocycles. The number of anilines is 2. The SMILES string of the molecule is CCN(CC)c1[nH]n(-c2c(Cl)cc(Cl)cc2Cl)c(=O)c1C=C=C1N(CC)c2c(ccc3ccccc23)C1(C)C. The third kappa shape index (κ3) is 4.48. The summed E-state index contributed by atoms with van der Waals surface area (Å²) in [5, 5.41) is 6.63. The number of aromatic nitrogens is 2. The number of rotatable bonds is 6. The van der Waals surface area contributed by atoms with Gasteiger partial charge in [0.25, 0.3) is 5.56 Å². The van der Waals surface area contributed by atoms with Gasteiger partial charge in [0.15, 0.2) is 0 Å². The predicted molar refractivity (Wildman–Crippen MR) is 166 cm³/mol. The van der Waals surface area contributed by atoms with Crippen LogP contribution in [0.1, 0.15) is 45.7 Å². The van der Waals surface area contributed by atoms with Crippen molar-refractivity contribution < 1.29 is 0 Å². The van der Waals surface area contributed by atoms with Crippen molar-refractivity contribution in [1.29, 1.82) is 0 Å². The lowest BCUT2D eigenvalue weighted by atomic mass is 9.83. The first-order valence-corrected chi connectivity index (χ1v) is 14.3. The summed E-state index contributed by atoms with van der Waals surface area (Å²) < 4.78 is 1.40. The van der Waals surface area contributed by atoms with Gasteiger partial charge in [-0.15, -0.1) is 0 Å². The van der Waals surface area contributed by atoms with Gasteiger partial charge >= 0.3 is 0 Å². The molecule has 0 saturated heterocycles. The third-order valence-electron chi connectivity index (χ3n) is 7.57. The van der Waals surface area contributed by atoms with Crippen molar-refractivity contribution in [3.8, 4) is 5.69 Å². The molecule has 39 heavy (non-hydrogen) atoms. The van der Waals surface area contributed by atoms with Crippen LogP contribution in [-0.4, -0.2) is 29.4 Å². The van der Waals surface area contributed by atoms with Gasteiger partial charge in [0, 0.05) is 35.5 Å². The second-order valence-corrected chi connectivity index (χ2v) is 11.3. The Bertz CT molecular complexity index is 1680. The van der Waals surface area contributed by atoms with Crippen LogP contribution in [0, 0.1) is 0 Å². The number of hydrogen-bond donors (Lipinski definition) is 1. The van der Waals surface area contributed by atoms with Gasteiger partial charge in [-0.3, -0.25) is 9.89 Å². The zero-order valence-electron chi connectivity index (χ0n) is 22.7. The second kappa shape index (κ2) is 10.5. The largest absolute Gasteiger partial charge is 0.357 e. The van der Waals surface area contributed by atoms with E-state index >= 15 is 0 Å². The molecule has 202 valence electrons. The molecule has 1 aliphatic rings. The van der Waals surface area contributed by atoms with E-state index in [0.29, 0.717) is 35.2 Å². The van der Waals surface area contributed by atoms with Gasteiger partial charge in [-0.1, -0.05) is 76.9 Å². The van der Waals surface area contributed by atoms with Crippen molar-refractivity contribution in [2.45, 2.75) is 40.0 Å². The number of fused-ring (bicyclic) bond motifs is 3. The standard InChI is InChI=1S/C31H31Cl3N4O/c1-6-36(7-2)29-22(30(39)38(35-29)28-24(33)17-20(32)18-25(28)34)14-16-26-31(4,5)23-15-13-19-11-9-10-12-21(19)27(23)37(26)8-3/h9-15,17-18,35H,6-8H2,1-5H3. The molecule has 0 atom stereocenters. The third-order valence-corrected chi connectivity index (χ3v) is 8.36. The van der Waals surface area contributed by atoms with Gasteiger partial charge in [-0.25, -0.2) is 4.68 Å². The van der Waals surface area contributed by atoms with Crippen LogP contribution in [0.25, 0.3) is 22.5 Å². The minimum absolute atomic E-state index is 0.266. The lowest BCUT2D eigenvalue weighted by Gasteiger charge is -2.24. The van der Waals surface area contributed by atoms with E-state index < -0.39 is 0 Å². The van der Waals surface area contributed by atoms with E-state index in [-0.39, 0.29) is 21.0 Å². The molecule has 0 bridgehead atoms. The summed E-state index contributed by atoms with van der Waals surface area (Å²) in [6.45, 7) is 12.9. The highest BCUT2D eigenvalue weighted by molar-refractivity contribution is 6.40. The molecule has 5 rings (SSSR count). The van der Waals surface area contributed by atoms with Crippen molar-refractivity contribution in [2.24, 2.45) is 0 Å². The fraction of sp³-hybridized carbons (Fsp3) is 0.290. The first-order chi connectivity index (χ1) is 18.6. The number of H-pyrrole nitrogens is 1. The van der Waals surface area contributed by atoms with Gasteiger partial charge in [0.2, 0.25) is 0 Å². The summed E-state index contributed by atoms with van der Waals surface area (Å²) in [6.07, 6.45) is 1.80. The highest BCUT2D eigenvalue weighted by atomic mass is 35.5. The molecular formula is C31H31Cl3N4O. The smallest absolute Gasteiger partial charge is 0.281 e. The molecule has 5 nitrogen and oxygen atoms in total. The molecule has 0 spiro atoms. The molecule has 4 aromatic rings. The minimum Gasteiger partial charge on any atom is -0.357 e. The van der Waals surface area contributed by atoms with Crippen LogP contribution in [0.15, 0.2) is 64.8 Å². The molecule has 0 fully saturated rings. The van der Waals surface area contributed by atoms with Crippen molar-refractivity contribution in [3.63, 3.8) is 0 Å². The van der Waals surface area contributed by atoms with E-state index in [2.05, 4.69) is 77.8 Å². The summed E-state index contributed by atoms with van der Waals surface area (Å²) in [5.41, 5.74) is 7.29. The Morgan fingerprint density at radius 2 is 1.64 bits per heavy atom. The number of hydrogen-bond acceptors (Lipinski definition) is 3. The molecule has 0 amide bonds. The number of benzene rings is 3. The van der Waals surface area contributed by atoms with Crippen molar-refractivity contribution in [1.82, 2.24) is 9.78 Å². The van der Waals surface area contributed by atoms with Crippen LogP contribution < -0.4 is 15.4 Å². The van der Waals surface area contributed by atoms with Crippen LogP contribution in [0.3, 0.4) is 0 Å². The Morgan fingerprint density at radius 3 is 2.28 bits per heavy atom. The van der Waals surface area contributed by atoms with E-state index in [1.165, 1.54) is 26.7 Å². The molecule has 8 heteroatoms. The number of likely N-dealkylation sites (N-methyl/N-ethyl adjacent to an activating group) is 1. The lowest BCUT2D eigenvalue weighted by molar-refractivity contribution is 0.635. The average molecular weight is 582 g/mol. The summed E-state index contributed by atoms with van der Waals surface area (Å²) in [7, 11) is 0. The Balaban J connectivity index is 1.75. The number of nitrogens with zero attached hydrogens (tertiary/aromatic N) is 3. The van der Waals surface area contributed by atoms with Crippen LogP contribution >= 0.6 is 34.8 Å². The van der Waals surface area contributed by atoms with Gasteiger partial charge in [0.05, 0.1) is 27.0 Å². The topological polar surface area (TPSA) is 44.3 Å². The Morgan fingerprint density at radius 1 is 0.974 bits per heavy atom. The number of halogens is 3. The summed E-state index contributed by atoms with van der Waals surface area (Å²) in [6, 6.07) is 16.0. The van der Waals surface area contributed by atoms with E-state index in [9.17, 15) is 4.79 Å². The molecule has 0 unspecified atom stereocenters. The Hall–Kier alpha value is -3.08. The fourth-order valence-electron chi connectivity index (χ4n) is 5.60. The zero-order valence-corrected chi connectivity index (χ0v) is 25.0. The zero-order chi connectivity index (χ0) is 28.1. The van der Waals surface area contributed by atoms with Gasteiger partial charge in [-0.2, -0.15) is 0 Å². The average Bonchev–Trinajstić information content (AvgIpc) is 3.33. The van der Waals surface area contributed by atoms with Crippen molar-refractivity contribution >= 4 is 63.2 Å². The van der Waals surface area contributed by atoms with Gasteiger partial charge in [-0.05, 0) is 63.8 Å². The van der Waals surface area contributed by atoms with Gasteiger partial charge in [0.1, 0.15) is 11.5 Å². The highest BCUT2D eigenvalue weighted by Crippen LogP contribution is 2.50. The normalized spacial score (nSPS) is 14.1. The van der Waals surface area contributed by atoms with E-state index in [0.717, 1.165) is 12.2 Å². The van der Waals surface area contributed by atoms with E-state index in [1.807, 2.05) is 13.8 Å². The van der Waals surface area contributed by atoms with Crippen molar-refractivity contribution in [3.05, 3.63) is 96.5 Å². The quantitative estimate of drug-likeness (QED) is 0.232. The fourth-order valence-corrected chi connectivity index (χ4v) is 6.58. The second-order valence-electron chi connectivity index (χ2n) is 10.1. The van der Waals surface area contributed by atoms with E-state index in [4.69, 9.17) is 34.8 Å². The van der Waals surface area contributed by atoms with Crippen LogP contribution in [-0.2, 0) is 5.41 Å².